The second-order valence-electron chi connectivity index (χ2n) is 4.45. The lowest BCUT2D eigenvalue weighted by atomic mass is 10.3. The first kappa shape index (κ1) is 17.0. The molecule has 1 aromatic carbocycles. The molecule has 1 aromatic rings. The number of benzene rings is 1. The Balaban J connectivity index is 1.89. The van der Waals surface area contributed by atoms with Crippen LogP contribution in [0.5, 0.6) is 5.75 Å². The monoisotopic (exact) mass is 334 g/mol. The van der Waals surface area contributed by atoms with Crippen molar-refractivity contribution in [3.05, 3.63) is 24.3 Å². The lowest BCUT2D eigenvalue weighted by molar-refractivity contribution is -0.274. The number of anilines is 1. The average Bonchev–Trinajstić information content (AvgIpc) is 2.46. The summed E-state index contributed by atoms with van der Waals surface area (Å²) in [5.41, 5.74) is 0.0258. The van der Waals surface area contributed by atoms with Crippen molar-refractivity contribution in [3.63, 3.8) is 0 Å². The summed E-state index contributed by atoms with van der Waals surface area (Å²) in [6.07, 6.45) is -5.75. The minimum atomic E-state index is -4.84. The summed E-state index contributed by atoms with van der Waals surface area (Å²) in [6, 6.07) is 3.74. The number of imide groups is 1. The van der Waals surface area contributed by atoms with Gasteiger partial charge < -0.3 is 19.5 Å². The molecule has 0 radical (unpaired) electrons. The Labute approximate surface area is 128 Å². The van der Waals surface area contributed by atoms with E-state index in [4.69, 9.17) is 9.47 Å². The summed E-state index contributed by atoms with van der Waals surface area (Å²) < 4.78 is 50.2. The van der Waals surface area contributed by atoms with Crippen LogP contribution in [0.15, 0.2) is 24.3 Å². The maximum atomic E-state index is 12.1. The molecule has 7 nitrogen and oxygen atoms in total. The van der Waals surface area contributed by atoms with E-state index in [-0.39, 0.29) is 18.9 Å². The molecule has 2 rings (SSSR count). The molecule has 10 heteroatoms. The van der Waals surface area contributed by atoms with Crippen LogP contribution in [0.4, 0.5) is 23.7 Å². The fraction of sp³-hybridized carbons (Fsp3) is 0.385. The van der Waals surface area contributed by atoms with Crippen molar-refractivity contribution in [2.24, 2.45) is 0 Å². The zero-order valence-corrected chi connectivity index (χ0v) is 11.7. The standard InChI is InChI=1S/C13H13F3N2O5/c14-13(15,16)23-9-3-1-2-8(6-9)17-12(20)18-11(19)10-7-21-4-5-22-10/h1-3,6,10H,4-5,7H2,(H2,17,18,19,20). The molecule has 23 heavy (non-hydrogen) atoms. The third-order valence-corrected chi connectivity index (χ3v) is 2.67. The van der Waals surface area contributed by atoms with Crippen molar-refractivity contribution in [2.45, 2.75) is 12.5 Å². The first-order valence-electron chi connectivity index (χ1n) is 6.50. The second kappa shape index (κ2) is 7.29. The lowest BCUT2D eigenvalue weighted by Crippen LogP contribution is -2.46. The van der Waals surface area contributed by atoms with Gasteiger partial charge in [-0.05, 0) is 12.1 Å². The van der Waals surface area contributed by atoms with Crippen LogP contribution < -0.4 is 15.4 Å². The van der Waals surface area contributed by atoms with E-state index >= 15 is 0 Å². The highest BCUT2D eigenvalue weighted by atomic mass is 19.4. The molecule has 1 aliphatic heterocycles. The number of hydrogen-bond donors (Lipinski definition) is 2. The number of ether oxygens (including phenoxy) is 3. The predicted molar refractivity (Wildman–Crippen MR) is 70.8 cm³/mol. The van der Waals surface area contributed by atoms with Crippen LogP contribution in [-0.2, 0) is 14.3 Å². The number of carbonyl (C=O) groups is 2. The molecule has 1 aliphatic rings. The Morgan fingerprint density at radius 1 is 1.26 bits per heavy atom. The molecular weight excluding hydrogens is 321 g/mol. The van der Waals surface area contributed by atoms with Crippen molar-refractivity contribution in [3.8, 4) is 5.75 Å². The van der Waals surface area contributed by atoms with Crippen LogP contribution in [0.3, 0.4) is 0 Å². The summed E-state index contributed by atoms with van der Waals surface area (Å²) in [6.45, 7) is 0.618. The van der Waals surface area contributed by atoms with Crippen LogP contribution in [0.2, 0.25) is 0 Å². The molecule has 0 aromatic heterocycles. The van der Waals surface area contributed by atoms with Gasteiger partial charge in [-0.25, -0.2) is 4.79 Å². The first-order valence-corrected chi connectivity index (χ1v) is 6.50. The Morgan fingerprint density at radius 2 is 2.04 bits per heavy atom. The molecular formula is C13H13F3N2O5. The van der Waals surface area contributed by atoms with E-state index < -0.39 is 30.2 Å². The smallest absolute Gasteiger partial charge is 0.406 e. The molecule has 126 valence electrons. The maximum absolute atomic E-state index is 12.1. The summed E-state index contributed by atoms with van der Waals surface area (Å²) in [4.78, 5) is 23.4. The SMILES string of the molecule is O=C(NC(=O)C1COCCO1)Nc1cccc(OC(F)(F)F)c1. The molecule has 1 unspecified atom stereocenters. The number of nitrogens with one attached hydrogen (secondary N) is 2. The fourth-order valence-corrected chi connectivity index (χ4v) is 1.76. The lowest BCUT2D eigenvalue weighted by Gasteiger charge is -2.21. The number of urea groups is 1. The van der Waals surface area contributed by atoms with Crippen molar-refractivity contribution in [1.29, 1.82) is 0 Å². The number of amides is 3. The van der Waals surface area contributed by atoms with E-state index in [1.165, 1.54) is 12.1 Å². The van der Waals surface area contributed by atoms with Crippen molar-refractivity contribution in [2.75, 3.05) is 25.1 Å². The Hall–Kier alpha value is -2.33. The van der Waals surface area contributed by atoms with Gasteiger partial charge in [0.15, 0.2) is 6.10 Å². The molecule has 0 aliphatic carbocycles. The molecule has 1 fully saturated rings. The fourth-order valence-electron chi connectivity index (χ4n) is 1.76. The number of carbonyl (C=O) groups excluding carboxylic acids is 2. The highest BCUT2D eigenvalue weighted by Gasteiger charge is 2.31. The van der Waals surface area contributed by atoms with E-state index in [0.29, 0.717) is 6.61 Å². The van der Waals surface area contributed by atoms with E-state index in [2.05, 4.69) is 10.1 Å². The largest absolute Gasteiger partial charge is 0.573 e. The maximum Gasteiger partial charge on any atom is 0.573 e. The quantitative estimate of drug-likeness (QED) is 0.878. The summed E-state index contributed by atoms with van der Waals surface area (Å²) >= 11 is 0. The zero-order valence-electron chi connectivity index (χ0n) is 11.7. The van der Waals surface area contributed by atoms with Gasteiger partial charge in [0.25, 0.3) is 5.91 Å². The van der Waals surface area contributed by atoms with Gasteiger partial charge in [0.05, 0.1) is 19.8 Å². The number of halogens is 3. The summed E-state index contributed by atoms with van der Waals surface area (Å²) in [5.74, 6) is -1.20. The van der Waals surface area contributed by atoms with Crippen molar-refractivity contribution in [1.82, 2.24) is 5.32 Å². The van der Waals surface area contributed by atoms with Crippen LogP contribution in [0.25, 0.3) is 0 Å². The molecule has 1 atom stereocenters. The van der Waals surface area contributed by atoms with E-state index in [9.17, 15) is 22.8 Å². The van der Waals surface area contributed by atoms with Crippen molar-refractivity contribution >= 4 is 17.6 Å². The predicted octanol–water partition coefficient (Wildman–Crippen LogP) is 1.65. The molecule has 1 saturated heterocycles. The molecule has 2 N–H and O–H groups in total. The molecule has 1 heterocycles. The Bertz CT molecular complexity index is 573. The van der Waals surface area contributed by atoms with Gasteiger partial charge in [0.1, 0.15) is 5.75 Å². The number of rotatable bonds is 3. The third kappa shape index (κ3) is 5.75. The molecule has 3 amide bonds. The van der Waals surface area contributed by atoms with Gasteiger partial charge in [0.2, 0.25) is 0 Å². The second-order valence-corrected chi connectivity index (χ2v) is 4.45. The Kier molecular flexibility index (Phi) is 5.40. The minimum Gasteiger partial charge on any atom is -0.406 e. The van der Waals surface area contributed by atoms with E-state index in [0.717, 1.165) is 12.1 Å². The summed E-state index contributed by atoms with van der Waals surface area (Å²) in [5, 5.41) is 4.23. The Morgan fingerprint density at radius 3 is 2.70 bits per heavy atom. The van der Waals surface area contributed by atoms with Crippen LogP contribution in [0, 0.1) is 0 Å². The van der Waals surface area contributed by atoms with Gasteiger partial charge in [-0.1, -0.05) is 6.07 Å². The molecule has 0 bridgehead atoms. The molecule has 0 saturated carbocycles. The normalized spacial score (nSPS) is 18.1. The van der Waals surface area contributed by atoms with Gasteiger partial charge in [0, 0.05) is 11.8 Å². The topological polar surface area (TPSA) is 85.9 Å². The van der Waals surface area contributed by atoms with Crippen LogP contribution in [0.1, 0.15) is 0 Å². The van der Waals surface area contributed by atoms with Gasteiger partial charge in [-0.2, -0.15) is 0 Å². The van der Waals surface area contributed by atoms with E-state index in [1.807, 2.05) is 5.32 Å². The van der Waals surface area contributed by atoms with Crippen LogP contribution in [-0.4, -0.2) is 44.2 Å². The van der Waals surface area contributed by atoms with Crippen molar-refractivity contribution < 1.29 is 37.0 Å². The third-order valence-electron chi connectivity index (χ3n) is 2.67. The first-order chi connectivity index (χ1) is 10.8. The highest BCUT2D eigenvalue weighted by Crippen LogP contribution is 2.24. The van der Waals surface area contributed by atoms with E-state index in [1.54, 1.807) is 0 Å². The van der Waals surface area contributed by atoms with Gasteiger partial charge in [-0.15, -0.1) is 13.2 Å². The van der Waals surface area contributed by atoms with Gasteiger partial charge >= 0.3 is 12.4 Å². The number of alkyl halides is 3. The van der Waals surface area contributed by atoms with Gasteiger partial charge in [-0.3, -0.25) is 10.1 Å². The summed E-state index contributed by atoms with van der Waals surface area (Å²) in [7, 11) is 0. The number of hydrogen-bond acceptors (Lipinski definition) is 5. The minimum absolute atomic E-state index is 0.0218. The van der Waals surface area contributed by atoms with Crippen LogP contribution >= 0.6 is 0 Å². The molecule has 0 spiro atoms. The average molecular weight is 334 g/mol. The zero-order chi connectivity index (χ0) is 16.9. The highest BCUT2D eigenvalue weighted by molar-refractivity contribution is 6.02.